The Morgan fingerprint density at radius 1 is 1.16 bits per heavy atom. The third-order valence-corrected chi connectivity index (χ3v) is 2.64. The van der Waals surface area contributed by atoms with E-state index in [-0.39, 0.29) is 5.56 Å². The Balaban J connectivity index is 2.11. The average molecular weight is 254 g/mol. The molecule has 0 saturated heterocycles. The molecule has 2 aromatic carbocycles. The third kappa shape index (κ3) is 3.42. The number of hydrogen-bond donors (Lipinski definition) is 2. The minimum absolute atomic E-state index is 0.233. The van der Waals surface area contributed by atoms with Gasteiger partial charge in [-0.05, 0) is 25.1 Å². The number of aromatic carboxylic acids is 1. The minimum atomic E-state index is -0.961. The van der Waals surface area contributed by atoms with E-state index in [1.807, 2.05) is 31.2 Å². The predicted octanol–water partition coefficient (Wildman–Crippen LogP) is 3.14. The van der Waals surface area contributed by atoms with Crippen molar-refractivity contribution in [2.75, 3.05) is 5.43 Å². The summed E-state index contributed by atoms with van der Waals surface area (Å²) in [6.45, 7) is 2.01. The summed E-state index contributed by atoms with van der Waals surface area (Å²) in [4.78, 5) is 11.0. The van der Waals surface area contributed by atoms with Crippen LogP contribution in [0.4, 0.5) is 5.69 Å². The molecule has 0 aliphatic rings. The Kier molecular flexibility index (Phi) is 3.93. The maximum Gasteiger partial charge on any atom is 0.336 e. The number of carbonyl (C=O) groups is 1. The molecular formula is C15H14N2O2. The van der Waals surface area contributed by atoms with E-state index in [9.17, 15) is 4.79 Å². The maximum atomic E-state index is 11.0. The molecule has 2 rings (SSSR count). The molecular weight excluding hydrogens is 240 g/mol. The van der Waals surface area contributed by atoms with Gasteiger partial charge >= 0.3 is 5.97 Å². The van der Waals surface area contributed by atoms with Gasteiger partial charge in [-0.25, -0.2) is 4.79 Å². The Morgan fingerprint density at radius 3 is 2.53 bits per heavy atom. The average Bonchev–Trinajstić information content (AvgIpc) is 2.41. The fourth-order valence-electron chi connectivity index (χ4n) is 1.61. The number of hydrogen-bond acceptors (Lipinski definition) is 3. The molecule has 4 nitrogen and oxygen atoms in total. The van der Waals surface area contributed by atoms with Crippen LogP contribution < -0.4 is 5.43 Å². The van der Waals surface area contributed by atoms with E-state index in [1.54, 1.807) is 24.3 Å². The van der Waals surface area contributed by atoms with E-state index in [2.05, 4.69) is 10.5 Å². The number of benzene rings is 2. The van der Waals surface area contributed by atoms with Crippen LogP contribution in [-0.2, 0) is 0 Å². The third-order valence-electron chi connectivity index (χ3n) is 2.64. The molecule has 0 aliphatic heterocycles. The summed E-state index contributed by atoms with van der Waals surface area (Å²) >= 11 is 0. The minimum Gasteiger partial charge on any atom is -0.478 e. The van der Waals surface area contributed by atoms with Gasteiger partial charge in [-0.15, -0.1) is 0 Å². The van der Waals surface area contributed by atoms with Crippen LogP contribution in [0.3, 0.4) is 0 Å². The van der Waals surface area contributed by atoms with Gasteiger partial charge in [0.1, 0.15) is 0 Å². The number of hydrazone groups is 1. The smallest absolute Gasteiger partial charge is 0.336 e. The van der Waals surface area contributed by atoms with Crippen molar-refractivity contribution in [1.29, 1.82) is 0 Å². The van der Waals surface area contributed by atoms with E-state index in [4.69, 9.17) is 5.11 Å². The van der Waals surface area contributed by atoms with Crippen molar-refractivity contribution in [3.05, 3.63) is 65.2 Å². The van der Waals surface area contributed by atoms with Crippen molar-refractivity contribution < 1.29 is 9.90 Å². The van der Waals surface area contributed by atoms with Gasteiger partial charge in [0.15, 0.2) is 0 Å². The standard InChI is InChI=1S/C15H14N2O2/c1-11-6-8-13(9-7-11)17-16-10-12-4-2-3-5-14(12)15(18)19/h2-10,17H,1H3,(H,18,19). The second kappa shape index (κ2) is 5.82. The molecule has 2 aromatic rings. The van der Waals surface area contributed by atoms with Gasteiger partial charge in [-0.1, -0.05) is 35.9 Å². The van der Waals surface area contributed by atoms with Crippen LogP contribution in [0.1, 0.15) is 21.5 Å². The van der Waals surface area contributed by atoms with Crippen molar-refractivity contribution in [2.45, 2.75) is 6.92 Å². The number of nitrogens with one attached hydrogen (secondary N) is 1. The van der Waals surface area contributed by atoms with E-state index in [0.29, 0.717) is 5.56 Å². The highest BCUT2D eigenvalue weighted by molar-refractivity contribution is 5.98. The van der Waals surface area contributed by atoms with Crippen LogP contribution in [-0.4, -0.2) is 17.3 Å². The summed E-state index contributed by atoms with van der Waals surface area (Å²) in [7, 11) is 0. The number of carboxylic acids is 1. The first-order valence-electron chi connectivity index (χ1n) is 5.85. The lowest BCUT2D eigenvalue weighted by atomic mass is 10.1. The topological polar surface area (TPSA) is 61.7 Å². The first-order valence-corrected chi connectivity index (χ1v) is 5.85. The summed E-state index contributed by atoms with van der Waals surface area (Å²) in [5.74, 6) is -0.961. The van der Waals surface area contributed by atoms with Gasteiger partial charge in [-0.3, -0.25) is 5.43 Å². The van der Waals surface area contributed by atoms with Gasteiger partial charge in [0.05, 0.1) is 17.5 Å². The summed E-state index contributed by atoms with van der Waals surface area (Å²) in [5, 5.41) is 13.1. The Morgan fingerprint density at radius 2 is 1.84 bits per heavy atom. The van der Waals surface area contributed by atoms with E-state index in [0.717, 1.165) is 5.69 Å². The number of aryl methyl sites for hydroxylation is 1. The van der Waals surface area contributed by atoms with Gasteiger partial charge in [-0.2, -0.15) is 5.10 Å². The van der Waals surface area contributed by atoms with Crippen LogP contribution in [0.15, 0.2) is 53.6 Å². The monoisotopic (exact) mass is 254 g/mol. The molecule has 0 spiro atoms. The van der Waals surface area contributed by atoms with Crippen LogP contribution in [0.25, 0.3) is 0 Å². The van der Waals surface area contributed by atoms with E-state index >= 15 is 0 Å². The molecule has 0 heterocycles. The zero-order valence-electron chi connectivity index (χ0n) is 10.5. The highest BCUT2D eigenvalue weighted by Crippen LogP contribution is 2.09. The lowest BCUT2D eigenvalue weighted by molar-refractivity contribution is 0.0697. The Labute approximate surface area is 111 Å². The number of nitrogens with zero attached hydrogens (tertiary/aromatic N) is 1. The quantitative estimate of drug-likeness (QED) is 0.651. The zero-order chi connectivity index (χ0) is 13.7. The summed E-state index contributed by atoms with van der Waals surface area (Å²) in [6.07, 6.45) is 1.50. The molecule has 4 heteroatoms. The number of anilines is 1. The molecule has 0 amide bonds. The molecule has 0 radical (unpaired) electrons. The predicted molar refractivity (Wildman–Crippen MR) is 75.8 cm³/mol. The first-order chi connectivity index (χ1) is 9.16. The molecule has 2 N–H and O–H groups in total. The second-order valence-corrected chi connectivity index (χ2v) is 4.13. The van der Waals surface area contributed by atoms with Gasteiger partial charge in [0.2, 0.25) is 0 Å². The van der Waals surface area contributed by atoms with Crippen molar-refractivity contribution in [2.24, 2.45) is 5.10 Å². The van der Waals surface area contributed by atoms with Crippen molar-refractivity contribution >= 4 is 17.9 Å². The maximum absolute atomic E-state index is 11.0. The summed E-state index contributed by atoms with van der Waals surface area (Å²) in [5.41, 5.74) is 5.69. The van der Waals surface area contributed by atoms with Crippen molar-refractivity contribution in [1.82, 2.24) is 0 Å². The number of rotatable bonds is 4. The Bertz CT molecular complexity index is 604. The normalized spacial score (nSPS) is 10.6. The van der Waals surface area contributed by atoms with E-state index < -0.39 is 5.97 Å². The largest absolute Gasteiger partial charge is 0.478 e. The lowest BCUT2D eigenvalue weighted by Crippen LogP contribution is -2.02. The molecule has 0 atom stereocenters. The molecule has 96 valence electrons. The van der Waals surface area contributed by atoms with Gasteiger partial charge in [0.25, 0.3) is 0 Å². The molecule has 0 bridgehead atoms. The second-order valence-electron chi connectivity index (χ2n) is 4.13. The fraction of sp³-hybridized carbons (Fsp3) is 0.0667. The van der Waals surface area contributed by atoms with Crippen LogP contribution in [0, 0.1) is 6.92 Å². The van der Waals surface area contributed by atoms with Crippen LogP contribution in [0.5, 0.6) is 0 Å². The number of carboxylic acid groups (broad SMARTS) is 1. The molecule has 0 unspecified atom stereocenters. The van der Waals surface area contributed by atoms with Crippen molar-refractivity contribution in [3.8, 4) is 0 Å². The Hall–Kier alpha value is -2.62. The summed E-state index contributed by atoms with van der Waals surface area (Å²) in [6, 6.07) is 14.5. The molecule has 0 aliphatic carbocycles. The van der Waals surface area contributed by atoms with E-state index in [1.165, 1.54) is 11.8 Å². The highest BCUT2D eigenvalue weighted by Gasteiger charge is 2.06. The van der Waals surface area contributed by atoms with Gasteiger partial charge in [0, 0.05) is 5.56 Å². The lowest BCUT2D eigenvalue weighted by Gasteiger charge is -2.02. The van der Waals surface area contributed by atoms with Crippen LogP contribution >= 0.6 is 0 Å². The fourth-order valence-corrected chi connectivity index (χ4v) is 1.61. The summed E-state index contributed by atoms with van der Waals surface area (Å²) < 4.78 is 0. The first kappa shape index (κ1) is 12.8. The van der Waals surface area contributed by atoms with Crippen molar-refractivity contribution in [3.63, 3.8) is 0 Å². The molecule has 0 aromatic heterocycles. The molecule has 19 heavy (non-hydrogen) atoms. The molecule has 0 saturated carbocycles. The zero-order valence-corrected chi connectivity index (χ0v) is 10.5. The molecule has 0 fully saturated rings. The SMILES string of the molecule is Cc1ccc(NN=Cc2ccccc2C(=O)O)cc1. The van der Waals surface area contributed by atoms with Gasteiger partial charge < -0.3 is 5.11 Å². The highest BCUT2D eigenvalue weighted by atomic mass is 16.4. The van der Waals surface area contributed by atoms with Crippen LogP contribution in [0.2, 0.25) is 0 Å².